The molecule has 0 aromatic heterocycles. The highest BCUT2D eigenvalue weighted by Gasteiger charge is 2.41. The van der Waals surface area contributed by atoms with Gasteiger partial charge in [-0.25, -0.2) is 0 Å². The van der Waals surface area contributed by atoms with Crippen molar-refractivity contribution in [1.29, 1.82) is 0 Å². The van der Waals surface area contributed by atoms with Crippen LogP contribution in [0.3, 0.4) is 0 Å². The maximum atomic E-state index is 11.0. The van der Waals surface area contributed by atoms with Crippen molar-refractivity contribution in [2.24, 2.45) is 10.8 Å². The zero-order chi connectivity index (χ0) is 9.41. The summed E-state index contributed by atoms with van der Waals surface area (Å²) >= 11 is 0. The lowest BCUT2D eigenvalue weighted by atomic mass is 9.64. The fourth-order valence-electron chi connectivity index (χ4n) is 2.37. The molecule has 0 saturated heterocycles. The Balaban J connectivity index is 2.74. The Morgan fingerprint density at radius 1 is 1.25 bits per heavy atom. The predicted octanol–water partition coefficient (Wildman–Crippen LogP) is 2.68. The van der Waals surface area contributed by atoms with Crippen LogP contribution >= 0.6 is 0 Å². The van der Waals surface area contributed by atoms with Crippen molar-refractivity contribution >= 4 is 5.97 Å². The minimum atomic E-state index is -0.629. The molecule has 2 heteroatoms. The third-order valence-corrected chi connectivity index (χ3v) is 2.97. The first-order chi connectivity index (χ1) is 5.36. The van der Waals surface area contributed by atoms with Crippen molar-refractivity contribution in [3.8, 4) is 0 Å². The number of hydrogen-bond donors (Lipinski definition) is 1. The Labute approximate surface area is 74.0 Å². The van der Waals surface area contributed by atoms with E-state index in [1.165, 1.54) is 0 Å². The number of aliphatic carboxylic acids is 1. The van der Waals surface area contributed by atoms with E-state index in [0.717, 1.165) is 25.7 Å². The highest BCUT2D eigenvalue weighted by atomic mass is 16.4. The largest absolute Gasteiger partial charge is 0.481 e. The maximum absolute atomic E-state index is 11.0. The molecule has 1 saturated carbocycles. The van der Waals surface area contributed by atoms with Crippen molar-refractivity contribution in [3.05, 3.63) is 0 Å². The van der Waals surface area contributed by atoms with Crippen molar-refractivity contribution in [2.45, 2.75) is 46.5 Å². The Morgan fingerprint density at radius 2 is 1.83 bits per heavy atom. The summed E-state index contributed by atoms with van der Waals surface area (Å²) < 4.78 is 0. The van der Waals surface area contributed by atoms with Crippen LogP contribution in [0.4, 0.5) is 0 Å². The quantitative estimate of drug-likeness (QED) is 0.657. The average molecular weight is 170 g/mol. The Morgan fingerprint density at radius 3 is 2.17 bits per heavy atom. The standard InChI is InChI=1S/C10H18O2/c1-9(2)5-4-6-10(3,7-9)8(11)12/h4-7H2,1-3H3,(H,11,12)/t10-/m1/s1. The minimum absolute atomic E-state index is 0.214. The minimum Gasteiger partial charge on any atom is -0.481 e. The molecule has 0 radical (unpaired) electrons. The number of hydrogen-bond acceptors (Lipinski definition) is 1. The number of carboxylic acid groups (broad SMARTS) is 1. The van der Waals surface area contributed by atoms with Crippen molar-refractivity contribution < 1.29 is 9.90 Å². The van der Waals surface area contributed by atoms with Gasteiger partial charge in [0.25, 0.3) is 0 Å². The van der Waals surface area contributed by atoms with Gasteiger partial charge in [-0.1, -0.05) is 20.3 Å². The van der Waals surface area contributed by atoms with Crippen LogP contribution in [0, 0.1) is 10.8 Å². The molecule has 0 amide bonds. The van der Waals surface area contributed by atoms with E-state index < -0.39 is 11.4 Å². The van der Waals surface area contributed by atoms with Gasteiger partial charge in [-0.2, -0.15) is 0 Å². The molecule has 0 aromatic carbocycles. The molecule has 1 rings (SSSR count). The van der Waals surface area contributed by atoms with Gasteiger partial charge in [0, 0.05) is 0 Å². The van der Waals surface area contributed by atoms with E-state index in [9.17, 15) is 4.79 Å². The molecule has 2 nitrogen and oxygen atoms in total. The molecule has 70 valence electrons. The molecular formula is C10H18O2. The molecule has 1 atom stereocenters. The molecule has 0 aromatic rings. The van der Waals surface area contributed by atoms with Crippen LogP contribution in [-0.4, -0.2) is 11.1 Å². The third-order valence-electron chi connectivity index (χ3n) is 2.97. The van der Waals surface area contributed by atoms with E-state index in [1.807, 2.05) is 6.92 Å². The summed E-state index contributed by atoms with van der Waals surface area (Å²) in [6.07, 6.45) is 3.87. The molecule has 0 aliphatic heterocycles. The molecule has 0 bridgehead atoms. The number of carbonyl (C=O) groups is 1. The van der Waals surface area contributed by atoms with Gasteiger partial charge < -0.3 is 5.11 Å². The van der Waals surface area contributed by atoms with E-state index >= 15 is 0 Å². The Bertz CT molecular complexity index is 196. The molecule has 1 aliphatic carbocycles. The van der Waals surface area contributed by atoms with Gasteiger partial charge in [-0.05, 0) is 31.6 Å². The van der Waals surface area contributed by atoms with Crippen LogP contribution in [0.25, 0.3) is 0 Å². The first-order valence-corrected chi connectivity index (χ1v) is 4.59. The SMILES string of the molecule is CC1(C)CCC[C@@](C)(C(=O)O)C1. The second-order valence-electron chi connectivity index (χ2n) is 5.06. The van der Waals surface area contributed by atoms with Crippen molar-refractivity contribution in [1.82, 2.24) is 0 Å². The number of rotatable bonds is 1. The molecule has 0 heterocycles. The second-order valence-corrected chi connectivity index (χ2v) is 5.06. The van der Waals surface area contributed by atoms with Crippen LogP contribution < -0.4 is 0 Å². The summed E-state index contributed by atoms with van der Waals surface area (Å²) in [5.74, 6) is -0.629. The highest BCUT2D eigenvalue weighted by Crippen LogP contribution is 2.45. The normalized spacial score (nSPS) is 34.6. The van der Waals surface area contributed by atoms with Crippen LogP contribution in [-0.2, 0) is 4.79 Å². The summed E-state index contributed by atoms with van der Waals surface area (Å²) in [5.41, 5.74) is -0.257. The van der Waals surface area contributed by atoms with Crippen molar-refractivity contribution in [3.63, 3.8) is 0 Å². The van der Waals surface area contributed by atoms with Crippen LogP contribution in [0.1, 0.15) is 46.5 Å². The maximum Gasteiger partial charge on any atom is 0.309 e. The van der Waals surface area contributed by atoms with E-state index in [0.29, 0.717) is 0 Å². The fraction of sp³-hybridized carbons (Fsp3) is 0.900. The van der Waals surface area contributed by atoms with E-state index in [4.69, 9.17) is 5.11 Å². The van der Waals surface area contributed by atoms with Crippen LogP contribution in [0.5, 0.6) is 0 Å². The van der Waals surface area contributed by atoms with Gasteiger partial charge in [-0.3, -0.25) is 4.79 Å². The lowest BCUT2D eigenvalue weighted by Crippen LogP contribution is -2.36. The first-order valence-electron chi connectivity index (χ1n) is 4.59. The Hall–Kier alpha value is -0.530. The van der Waals surface area contributed by atoms with E-state index in [-0.39, 0.29) is 5.41 Å². The van der Waals surface area contributed by atoms with Gasteiger partial charge >= 0.3 is 5.97 Å². The number of carboxylic acids is 1. The molecule has 0 unspecified atom stereocenters. The summed E-state index contributed by atoms with van der Waals surface area (Å²) in [4.78, 5) is 11.0. The van der Waals surface area contributed by atoms with Gasteiger partial charge in [0.1, 0.15) is 0 Å². The average Bonchev–Trinajstić information content (AvgIpc) is 1.83. The smallest absolute Gasteiger partial charge is 0.309 e. The summed E-state index contributed by atoms with van der Waals surface area (Å²) in [7, 11) is 0. The Kier molecular flexibility index (Phi) is 2.19. The summed E-state index contributed by atoms with van der Waals surface area (Å²) in [5, 5.41) is 9.03. The van der Waals surface area contributed by atoms with Gasteiger partial charge in [0.2, 0.25) is 0 Å². The zero-order valence-electron chi connectivity index (χ0n) is 8.18. The van der Waals surface area contributed by atoms with Gasteiger partial charge in [0.05, 0.1) is 5.41 Å². The molecule has 1 fully saturated rings. The van der Waals surface area contributed by atoms with Gasteiger partial charge in [0.15, 0.2) is 0 Å². The first kappa shape index (κ1) is 9.56. The monoisotopic (exact) mass is 170 g/mol. The van der Waals surface area contributed by atoms with Crippen molar-refractivity contribution in [2.75, 3.05) is 0 Å². The van der Waals surface area contributed by atoms with Crippen LogP contribution in [0.2, 0.25) is 0 Å². The zero-order valence-corrected chi connectivity index (χ0v) is 8.18. The topological polar surface area (TPSA) is 37.3 Å². The lowest BCUT2D eigenvalue weighted by Gasteiger charge is -2.39. The highest BCUT2D eigenvalue weighted by molar-refractivity contribution is 5.74. The van der Waals surface area contributed by atoms with E-state index in [2.05, 4.69) is 13.8 Å². The summed E-state index contributed by atoms with van der Waals surface area (Å²) in [6, 6.07) is 0. The molecule has 1 aliphatic rings. The third kappa shape index (κ3) is 1.79. The molecule has 1 N–H and O–H groups in total. The fourth-order valence-corrected chi connectivity index (χ4v) is 2.37. The molecule has 0 spiro atoms. The molecule has 12 heavy (non-hydrogen) atoms. The predicted molar refractivity (Wildman–Crippen MR) is 48.0 cm³/mol. The van der Waals surface area contributed by atoms with Crippen LogP contribution in [0.15, 0.2) is 0 Å². The summed E-state index contributed by atoms with van der Waals surface area (Å²) in [6.45, 7) is 6.19. The van der Waals surface area contributed by atoms with E-state index in [1.54, 1.807) is 0 Å². The lowest BCUT2D eigenvalue weighted by molar-refractivity contribution is -0.152. The second kappa shape index (κ2) is 2.75. The van der Waals surface area contributed by atoms with Gasteiger partial charge in [-0.15, -0.1) is 0 Å². The molecular weight excluding hydrogens is 152 g/mol.